The molecule has 1 rings (SSSR count). The van der Waals surface area contributed by atoms with Crippen LogP contribution in [0.25, 0.3) is 0 Å². The van der Waals surface area contributed by atoms with E-state index in [2.05, 4.69) is 15.8 Å². The number of phosphoric acid groups is 1. The molecule has 0 aromatic heterocycles. The normalized spacial score (nSPS) is 33.2. The molecule has 0 saturated carbocycles. The number of hydrogen-bond acceptors (Lipinski definition) is 5. The molecular weight excluding hydrogens is 301 g/mol. The predicted octanol–water partition coefficient (Wildman–Crippen LogP) is -0.264. The largest absolute Gasteiger partial charge is 0.472 e. The Labute approximate surface area is 123 Å². The van der Waals surface area contributed by atoms with E-state index in [4.69, 9.17) is 20.9 Å². The molecule has 9 heteroatoms. The molecular formula is C12H20NO7P. The minimum Gasteiger partial charge on any atom is -0.390 e. The number of rotatable bonds is 5. The average Bonchev–Trinajstić information content (AvgIpc) is 2.37. The lowest BCUT2D eigenvalue weighted by atomic mass is 9.88. The Morgan fingerprint density at radius 2 is 2.14 bits per heavy atom. The summed E-state index contributed by atoms with van der Waals surface area (Å²) in [4.78, 5) is 29.4. The highest BCUT2D eigenvalue weighted by Gasteiger charge is 2.45. The van der Waals surface area contributed by atoms with Crippen molar-refractivity contribution in [2.24, 2.45) is 5.92 Å². The van der Waals surface area contributed by atoms with Gasteiger partial charge in [0.1, 0.15) is 6.04 Å². The summed E-state index contributed by atoms with van der Waals surface area (Å²) in [5.41, 5.74) is 0. The van der Waals surface area contributed by atoms with E-state index >= 15 is 0 Å². The zero-order valence-corrected chi connectivity index (χ0v) is 12.7. The molecule has 3 unspecified atom stereocenters. The average molecular weight is 321 g/mol. The van der Waals surface area contributed by atoms with Crippen LogP contribution in [-0.4, -0.2) is 45.3 Å². The van der Waals surface area contributed by atoms with Crippen molar-refractivity contribution in [2.75, 3.05) is 0 Å². The van der Waals surface area contributed by atoms with Gasteiger partial charge in [0.15, 0.2) is 6.29 Å². The van der Waals surface area contributed by atoms with E-state index < -0.39 is 38.3 Å². The van der Waals surface area contributed by atoms with Gasteiger partial charge < -0.3 is 24.9 Å². The molecule has 5 atom stereocenters. The number of phosphoric ester groups is 1. The second-order valence-corrected chi connectivity index (χ2v) is 6.06. The highest BCUT2D eigenvalue weighted by atomic mass is 31.2. The van der Waals surface area contributed by atoms with Crippen molar-refractivity contribution >= 4 is 13.7 Å². The maximum absolute atomic E-state index is 11.6. The maximum atomic E-state index is 11.6. The summed E-state index contributed by atoms with van der Waals surface area (Å²) in [7, 11) is -4.84. The summed E-state index contributed by atoms with van der Waals surface area (Å²) in [5, 5.41) is 12.6. The van der Waals surface area contributed by atoms with Gasteiger partial charge in [0.2, 0.25) is 5.91 Å². The van der Waals surface area contributed by atoms with Crippen LogP contribution in [0.3, 0.4) is 0 Å². The molecule has 0 aromatic carbocycles. The first-order valence-electron chi connectivity index (χ1n) is 6.50. The zero-order valence-electron chi connectivity index (χ0n) is 11.8. The number of aliphatic hydroxyl groups is 1. The Morgan fingerprint density at radius 3 is 2.62 bits per heavy atom. The van der Waals surface area contributed by atoms with Crippen LogP contribution in [0.2, 0.25) is 0 Å². The fraction of sp³-hybridized carbons (Fsp3) is 0.750. The van der Waals surface area contributed by atoms with E-state index in [1.165, 1.54) is 0 Å². The number of terminal acetylenes is 1. The van der Waals surface area contributed by atoms with Crippen molar-refractivity contribution in [1.82, 2.24) is 5.32 Å². The molecule has 1 amide bonds. The van der Waals surface area contributed by atoms with Crippen molar-refractivity contribution in [2.45, 2.75) is 51.2 Å². The molecule has 120 valence electrons. The summed E-state index contributed by atoms with van der Waals surface area (Å²) in [6.45, 7) is 3.52. The number of hydrogen-bond donors (Lipinski definition) is 4. The van der Waals surface area contributed by atoms with Crippen LogP contribution in [0.5, 0.6) is 0 Å². The molecule has 0 radical (unpaired) electrons. The summed E-state index contributed by atoms with van der Waals surface area (Å²) < 4.78 is 21.0. The van der Waals surface area contributed by atoms with Crippen molar-refractivity contribution in [1.29, 1.82) is 0 Å². The number of nitrogens with one attached hydrogen (secondary N) is 1. The first kappa shape index (κ1) is 18.1. The molecule has 1 aliphatic rings. The summed E-state index contributed by atoms with van der Waals surface area (Å²) >= 11 is 0. The molecule has 8 nitrogen and oxygen atoms in total. The van der Waals surface area contributed by atoms with Crippen molar-refractivity contribution < 1.29 is 33.5 Å². The zero-order chi connectivity index (χ0) is 16.2. The van der Waals surface area contributed by atoms with Crippen LogP contribution < -0.4 is 5.32 Å². The maximum Gasteiger partial charge on any atom is 0.472 e. The van der Waals surface area contributed by atoms with Gasteiger partial charge in [0, 0.05) is 5.92 Å². The highest BCUT2D eigenvalue weighted by Crippen LogP contribution is 2.41. The van der Waals surface area contributed by atoms with E-state index in [1.807, 2.05) is 0 Å². The Bertz CT molecular complexity index is 457. The Kier molecular flexibility index (Phi) is 6.35. The minimum absolute atomic E-state index is 0.225. The molecule has 1 heterocycles. The quantitative estimate of drug-likeness (QED) is 0.406. The molecule has 1 saturated heterocycles. The number of aliphatic hydroxyl groups excluding tert-OH is 1. The van der Waals surface area contributed by atoms with Gasteiger partial charge in [0.05, 0.1) is 18.6 Å². The number of carbonyl (C=O) groups excluding carboxylic acids is 1. The third kappa shape index (κ3) is 5.08. The van der Waals surface area contributed by atoms with E-state index in [1.54, 1.807) is 13.8 Å². The third-order valence-electron chi connectivity index (χ3n) is 3.33. The first-order chi connectivity index (χ1) is 9.69. The van der Waals surface area contributed by atoms with Gasteiger partial charge in [-0.15, -0.1) is 6.42 Å². The van der Waals surface area contributed by atoms with E-state index in [-0.39, 0.29) is 12.3 Å². The second-order valence-electron chi connectivity index (χ2n) is 4.87. The Hall–Kier alpha value is -0.940. The third-order valence-corrected chi connectivity index (χ3v) is 3.81. The number of amides is 1. The molecule has 4 N–H and O–H groups in total. The van der Waals surface area contributed by atoms with Crippen LogP contribution in [0.1, 0.15) is 26.7 Å². The lowest BCUT2D eigenvalue weighted by Crippen LogP contribution is -2.61. The van der Waals surface area contributed by atoms with Crippen LogP contribution in [0.4, 0.5) is 0 Å². The summed E-state index contributed by atoms with van der Waals surface area (Å²) in [6, 6.07) is -1.11. The fourth-order valence-corrected chi connectivity index (χ4v) is 2.72. The van der Waals surface area contributed by atoms with Crippen LogP contribution >= 0.6 is 7.82 Å². The first-order valence-corrected chi connectivity index (χ1v) is 8.03. The molecule has 0 spiro atoms. The molecule has 0 aliphatic carbocycles. The van der Waals surface area contributed by atoms with Gasteiger partial charge >= 0.3 is 7.82 Å². The minimum atomic E-state index is -4.84. The standard InChI is InChI=1S/C12H20NO7P/c1-4-6-9(14)13-10-11(15)7(3)8(5-2)19-12(10)20-21(16,17)18/h1,7-8,10-12,15H,5-6H2,2-3H3,(H,13,14)(H2,16,17,18)/t7-,8?,10?,11?,12+/m0/s1. The molecule has 1 aliphatic heterocycles. The van der Waals surface area contributed by atoms with Gasteiger partial charge in [-0.3, -0.25) is 9.32 Å². The van der Waals surface area contributed by atoms with E-state index in [9.17, 15) is 14.5 Å². The van der Waals surface area contributed by atoms with Gasteiger partial charge in [0.25, 0.3) is 0 Å². The fourth-order valence-electron chi connectivity index (χ4n) is 2.27. The number of ether oxygens (including phenoxy) is 1. The Morgan fingerprint density at radius 1 is 1.52 bits per heavy atom. The Balaban J connectivity index is 2.93. The SMILES string of the molecule is C#CCC(=O)NC1C(O)[C@@H](C)C(CC)O[C@@H]1OP(=O)(O)O. The van der Waals surface area contributed by atoms with Gasteiger partial charge in [-0.1, -0.05) is 19.8 Å². The lowest BCUT2D eigenvalue weighted by Gasteiger charge is -2.43. The lowest BCUT2D eigenvalue weighted by molar-refractivity contribution is -0.222. The summed E-state index contributed by atoms with van der Waals surface area (Å²) in [5.74, 6) is 1.23. The topological polar surface area (TPSA) is 125 Å². The molecule has 0 bridgehead atoms. The summed E-state index contributed by atoms with van der Waals surface area (Å²) in [6.07, 6.45) is 2.33. The van der Waals surface area contributed by atoms with Gasteiger partial charge in [-0.25, -0.2) is 4.57 Å². The van der Waals surface area contributed by atoms with E-state index in [0.717, 1.165) is 0 Å². The van der Waals surface area contributed by atoms with Crippen LogP contribution in [0.15, 0.2) is 0 Å². The van der Waals surface area contributed by atoms with E-state index in [0.29, 0.717) is 6.42 Å². The van der Waals surface area contributed by atoms with Gasteiger partial charge in [-0.2, -0.15) is 0 Å². The van der Waals surface area contributed by atoms with Crippen molar-refractivity contribution in [3.8, 4) is 12.3 Å². The predicted molar refractivity (Wildman–Crippen MR) is 72.6 cm³/mol. The monoisotopic (exact) mass is 321 g/mol. The highest BCUT2D eigenvalue weighted by molar-refractivity contribution is 7.46. The molecule has 0 aromatic rings. The smallest absolute Gasteiger partial charge is 0.390 e. The van der Waals surface area contributed by atoms with Gasteiger partial charge in [-0.05, 0) is 6.42 Å². The van der Waals surface area contributed by atoms with Crippen molar-refractivity contribution in [3.05, 3.63) is 0 Å². The second kappa shape index (κ2) is 7.36. The van der Waals surface area contributed by atoms with Crippen LogP contribution in [-0.2, 0) is 18.6 Å². The molecule has 1 fully saturated rings. The van der Waals surface area contributed by atoms with Crippen LogP contribution in [0, 0.1) is 18.3 Å². The number of carbonyl (C=O) groups is 1. The molecule has 21 heavy (non-hydrogen) atoms. The van der Waals surface area contributed by atoms with Crippen molar-refractivity contribution in [3.63, 3.8) is 0 Å².